The van der Waals surface area contributed by atoms with Gasteiger partial charge in [-0.05, 0) is 32.6 Å². The minimum absolute atomic E-state index is 0.0281. The lowest BCUT2D eigenvalue weighted by atomic mass is 9.79. The van der Waals surface area contributed by atoms with E-state index in [2.05, 4.69) is 12.2 Å². The Morgan fingerprint density at radius 1 is 1.00 bits per heavy atom. The lowest BCUT2D eigenvalue weighted by molar-refractivity contribution is -0.124. The van der Waals surface area contributed by atoms with Crippen molar-refractivity contribution in [3.8, 4) is 0 Å². The van der Waals surface area contributed by atoms with Gasteiger partial charge in [-0.15, -0.1) is 0 Å². The van der Waals surface area contributed by atoms with E-state index in [0.29, 0.717) is 6.42 Å². The minimum atomic E-state index is -0.229. The summed E-state index contributed by atoms with van der Waals surface area (Å²) in [4.78, 5) is 12.2. The number of hydrogen-bond acceptors (Lipinski definition) is 2. The first kappa shape index (κ1) is 13.9. The molecule has 0 heterocycles. The molecule has 0 aromatic carbocycles. The van der Waals surface area contributed by atoms with Gasteiger partial charge in [-0.1, -0.05) is 38.5 Å². The van der Waals surface area contributed by atoms with Crippen LogP contribution in [0.15, 0.2) is 0 Å². The van der Waals surface area contributed by atoms with Crippen LogP contribution in [0.2, 0.25) is 0 Å². The van der Waals surface area contributed by atoms with Gasteiger partial charge in [-0.3, -0.25) is 4.79 Å². The summed E-state index contributed by atoms with van der Waals surface area (Å²) < 4.78 is 0. The van der Waals surface area contributed by atoms with E-state index in [4.69, 9.17) is 5.73 Å². The van der Waals surface area contributed by atoms with Gasteiger partial charge >= 0.3 is 0 Å². The molecule has 3 nitrogen and oxygen atoms in total. The number of rotatable bonds is 3. The molecule has 0 unspecified atom stereocenters. The number of hydrogen-bond donors (Lipinski definition) is 2. The summed E-state index contributed by atoms with van der Waals surface area (Å²) >= 11 is 0. The SMILES string of the molecule is CC1(NC(=O)CC2(N)CCCCC2)CCCCC1. The fourth-order valence-corrected chi connectivity index (χ4v) is 3.59. The van der Waals surface area contributed by atoms with Crippen molar-refractivity contribution in [1.29, 1.82) is 0 Å². The van der Waals surface area contributed by atoms with Crippen molar-refractivity contribution in [2.24, 2.45) is 5.73 Å². The summed E-state index contributed by atoms with van der Waals surface area (Å²) in [5.74, 6) is 0.170. The second-order valence-electron chi connectivity index (χ2n) is 6.77. The highest BCUT2D eigenvalue weighted by Gasteiger charge is 2.33. The van der Waals surface area contributed by atoms with Crippen LogP contribution >= 0.6 is 0 Å². The molecular formula is C15H28N2O. The molecule has 1 amide bonds. The Hall–Kier alpha value is -0.570. The number of nitrogens with two attached hydrogens (primary N) is 1. The number of nitrogens with one attached hydrogen (secondary N) is 1. The average molecular weight is 252 g/mol. The fraction of sp³-hybridized carbons (Fsp3) is 0.933. The lowest BCUT2D eigenvalue weighted by Gasteiger charge is -2.37. The van der Waals surface area contributed by atoms with Gasteiger partial charge in [-0.25, -0.2) is 0 Å². The molecule has 2 aliphatic rings. The van der Waals surface area contributed by atoms with Gasteiger partial charge < -0.3 is 11.1 Å². The van der Waals surface area contributed by atoms with Gasteiger partial charge in [-0.2, -0.15) is 0 Å². The Kier molecular flexibility index (Phi) is 4.31. The van der Waals surface area contributed by atoms with Gasteiger partial charge in [0.25, 0.3) is 0 Å². The summed E-state index contributed by atoms with van der Waals surface area (Å²) in [6.45, 7) is 2.19. The molecule has 0 aliphatic heterocycles. The molecule has 2 aliphatic carbocycles. The largest absolute Gasteiger partial charge is 0.351 e. The maximum absolute atomic E-state index is 12.2. The van der Waals surface area contributed by atoms with Crippen LogP contribution in [0.25, 0.3) is 0 Å². The van der Waals surface area contributed by atoms with Crippen molar-refractivity contribution in [3.05, 3.63) is 0 Å². The van der Waals surface area contributed by atoms with Crippen molar-refractivity contribution < 1.29 is 4.79 Å². The van der Waals surface area contributed by atoms with E-state index in [-0.39, 0.29) is 17.0 Å². The van der Waals surface area contributed by atoms with Crippen LogP contribution in [-0.4, -0.2) is 17.0 Å². The molecule has 18 heavy (non-hydrogen) atoms. The zero-order chi connectivity index (χ0) is 13.1. The second-order valence-corrected chi connectivity index (χ2v) is 6.77. The van der Waals surface area contributed by atoms with Crippen molar-refractivity contribution in [1.82, 2.24) is 5.32 Å². The van der Waals surface area contributed by atoms with E-state index in [1.807, 2.05) is 0 Å². The quantitative estimate of drug-likeness (QED) is 0.811. The van der Waals surface area contributed by atoms with Crippen molar-refractivity contribution >= 4 is 5.91 Å². The second kappa shape index (κ2) is 5.60. The van der Waals surface area contributed by atoms with Gasteiger partial charge in [0.15, 0.2) is 0 Å². The molecule has 2 rings (SSSR count). The first-order valence-corrected chi connectivity index (χ1v) is 7.61. The Bertz CT molecular complexity index is 261. The zero-order valence-electron chi connectivity index (χ0n) is 11.8. The van der Waals surface area contributed by atoms with E-state index in [1.54, 1.807) is 0 Å². The highest BCUT2D eigenvalue weighted by molar-refractivity contribution is 5.78. The molecule has 0 atom stereocenters. The summed E-state index contributed by atoms with van der Waals surface area (Å²) in [7, 11) is 0. The summed E-state index contributed by atoms with van der Waals surface area (Å²) in [6.07, 6.45) is 12.2. The molecule has 2 fully saturated rings. The maximum Gasteiger partial charge on any atom is 0.222 e. The van der Waals surface area contributed by atoms with E-state index >= 15 is 0 Å². The van der Waals surface area contributed by atoms with Crippen LogP contribution in [0.5, 0.6) is 0 Å². The van der Waals surface area contributed by atoms with E-state index in [0.717, 1.165) is 25.7 Å². The number of carbonyl (C=O) groups is 1. The van der Waals surface area contributed by atoms with Crippen LogP contribution in [-0.2, 0) is 4.79 Å². The molecule has 0 aromatic rings. The lowest BCUT2D eigenvalue weighted by Crippen LogP contribution is -2.52. The predicted molar refractivity (Wildman–Crippen MR) is 74.3 cm³/mol. The molecule has 0 spiro atoms. The Morgan fingerprint density at radius 3 is 2.06 bits per heavy atom. The Balaban J connectivity index is 1.83. The third-order valence-electron chi connectivity index (χ3n) is 4.76. The minimum Gasteiger partial charge on any atom is -0.351 e. The molecule has 3 N–H and O–H groups in total. The van der Waals surface area contributed by atoms with Gasteiger partial charge in [0, 0.05) is 17.5 Å². The van der Waals surface area contributed by atoms with Crippen molar-refractivity contribution in [2.45, 2.75) is 88.6 Å². The molecule has 104 valence electrons. The monoisotopic (exact) mass is 252 g/mol. The maximum atomic E-state index is 12.2. The molecule has 0 aromatic heterocycles. The zero-order valence-corrected chi connectivity index (χ0v) is 11.8. The van der Waals surface area contributed by atoms with Gasteiger partial charge in [0.05, 0.1) is 0 Å². The van der Waals surface area contributed by atoms with Gasteiger partial charge in [0.1, 0.15) is 0 Å². The highest BCUT2D eigenvalue weighted by Crippen LogP contribution is 2.30. The summed E-state index contributed by atoms with van der Waals surface area (Å²) in [6, 6.07) is 0. The third kappa shape index (κ3) is 3.71. The molecule has 0 radical (unpaired) electrons. The predicted octanol–water partition coefficient (Wildman–Crippen LogP) is 2.88. The van der Waals surface area contributed by atoms with Crippen LogP contribution in [0.4, 0.5) is 0 Å². The topological polar surface area (TPSA) is 55.1 Å². The van der Waals surface area contributed by atoms with Crippen LogP contribution in [0.3, 0.4) is 0 Å². The van der Waals surface area contributed by atoms with Gasteiger partial charge in [0.2, 0.25) is 5.91 Å². The fourth-order valence-electron chi connectivity index (χ4n) is 3.59. The van der Waals surface area contributed by atoms with Crippen LogP contribution < -0.4 is 11.1 Å². The van der Waals surface area contributed by atoms with E-state index in [1.165, 1.54) is 38.5 Å². The number of amides is 1. The van der Waals surface area contributed by atoms with Crippen molar-refractivity contribution in [3.63, 3.8) is 0 Å². The molecular weight excluding hydrogens is 224 g/mol. The first-order chi connectivity index (χ1) is 8.52. The highest BCUT2D eigenvalue weighted by atomic mass is 16.1. The van der Waals surface area contributed by atoms with E-state index < -0.39 is 0 Å². The van der Waals surface area contributed by atoms with Crippen LogP contribution in [0, 0.1) is 0 Å². The normalized spacial score (nSPS) is 26.6. The molecule has 2 saturated carbocycles. The Morgan fingerprint density at radius 2 is 1.50 bits per heavy atom. The van der Waals surface area contributed by atoms with Crippen LogP contribution in [0.1, 0.15) is 77.6 Å². The molecule has 3 heteroatoms. The third-order valence-corrected chi connectivity index (χ3v) is 4.76. The standard InChI is InChI=1S/C15H28N2O/c1-14(8-4-2-5-9-14)17-13(18)12-15(16)10-6-3-7-11-15/h2-12,16H2,1H3,(H,17,18). The number of carbonyl (C=O) groups excluding carboxylic acids is 1. The summed E-state index contributed by atoms with van der Waals surface area (Å²) in [5, 5.41) is 3.25. The summed E-state index contributed by atoms with van der Waals surface area (Å²) in [5.41, 5.74) is 6.15. The van der Waals surface area contributed by atoms with E-state index in [9.17, 15) is 4.79 Å². The smallest absolute Gasteiger partial charge is 0.222 e. The Labute approximate surface area is 111 Å². The average Bonchev–Trinajstić information content (AvgIpc) is 2.29. The molecule has 0 saturated heterocycles. The van der Waals surface area contributed by atoms with Crippen molar-refractivity contribution in [2.75, 3.05) is 0 Å². The first-order valence-electron chi connectivity index (χ1n) is 7.61. The molecule has 0 bridgehead atoms.